The van der Waals surface area contributed by atoms with Crippen molar-refractivity contribution < 1.29 is 28.2 Å². The zero-order valence-corrected chi connectivity index (χ0v) is 27.1. The van der Waals surface area contributed by atoms with Crippen molar-refractivity contribution in [3.8, 4) is 28.4 Å². The van der Waals surface area contributed by atoms with Crippen LogP contribution in [0.5, 0.6) is 5.88 Å². The smallest absolute Gasteiger partial charge is 0.412 e. The minimum atomic E-state index is -0.757. The number of anilines is 2. The van der Waals surface area contributed by atoms with Crippen molar-refractivity contribution in [1.82, 2.24) is 29.9 Å². The molecule has 4 heterocycles. The standard InChI is InChI=1S/C18H24ClN5O3.C11H8ClFN4O2/c1-11(2)7-18(3,20)9-27-16-13(19)5-12(8-21-16)14-6-15(23-10-22-14)24-17(25)26-4;1-19-11(18)17-9-3-8(15-5-16-9)6-2-7(12)10(13)14-4-6/h5-6,8,10-11H,7,9,20H2,1-4H3,(H,22,23,24,25);2-5H,1H3,(H,15,16,17,18)/t18-;/m0./s1. The van der Waals surface area contributed by atoms with E-state index < -0.39 is 23.7 Å². The minimum Gasteiger partial charge on any atom is -0.475 e. The van der Waals surface area contributed by atoms with Crippen LogP contribution in [0.15, 0.2) is 49.3 Å². The van der Waals surface area contributed by atoms with Crippen molar-refractivity contribution in [1.29, 1.82) is 0 Å². The molecule has 4 rings (SSSR count). The summed E-state index contributed by atoms with van der Waals surface area (Å²) >= 11 is 11.9. The third kappa shape index (κ3) is 11.0. The third-order valence-electron chi connectivity index (χ3n) is 5.77. The van der Waals surface area contributed by atoms with E-state index >= 15 is 0 Å². The van der Waals surface area contributed by atoms with Gasteiger partial charge in [-0.25, -0.2) is 39.5 Å². The van der Waals surface area contributed by atoms with E-state index in [1.54, 1.807) is 18.3 Å². The Balaban J connectivity index is 0.000000266. The number of hydrogen-bond acceptors (Lipinski definition) is 12. The molecule has 14 nitrogen and oxygen atoms in total. The molecule has 17 heteroatoms. The molecule has 0 unspecified atom stereocenters. The summed E-state index contributed by atoms with van der Waals surface area (Å²) in [4.78, 5) is 46.1. The zero-order chi connectivity index (χ0) is 33.9. The lowest BCUT2D eigenvalue weighted by molar-refractivity contribution is 0.186. The number of aromatic nitrogens is 6. The Hall–Kier alpha value is -4.73. The van der Waals surface area contributed by atoms with Crippen molar-refractivity contribution in [3.63, 3.8) is 0 Å². The van der Waals surface area contributed by atoms with Gasteiger partial charge in [-0.15, -0.1) is 0 Å². The molecule has 0 aliphatic carbocycles. The number of ether oxygens (including phenoxy) is 3. The second-order valence-corrected chi connectivity index (χ2v) is 11.2. The molecule has 0 saturated heterocycles. The summed E-state index contributed by atoms with van der Waals surface area (Å²) in [5, 5.41) is 5.09. The number of halogens is 3. The summed E-state index contributed by atoms with van der Waals surface area (Å²) in [6, 6.07) is 6.14. The Morgan fingerprint density at radius 2 is 1.35 bits per heavy atom. The lowest BCUT2D eigenvalue weighted by Gasteiger charge is -2.26. The Labute approximate surface area is 274 Å². The molecule has 46 heavy (non-hydrogen) atoms. The van der Waals surface area contributed by atoms with Crippen LogP contribution in [0.3, 0.4) is 0 Å². The Morgan fingerprint density at radius 3 is 1.80 bits per heavy atom. The van der Waals surface area contributed by atoms with Crippen LogP contribution in [0.1, 0.15) is 27.2 Å². The summed E-state index contributed by atoms with van der Waals surface area (Å²) in [7, 11) is 2.51. The summed E-state index contributed by atoms with van der Waals surface area (Å²) in [6.07, 6.45) is 4.99. The predicted molar refractivity (Wildman–Crippen MR) is 170 cm³/mol. The number of amides is 2. The van der Waals surface area contributed by atoms with Gasteiger partial charge in [0.1, 0.15) is 35.9 Å². The maximum atomic E-state index is 13.0. The Kier molecular flexibility index (Phi) is 12.9. The van der Waals surface area contributed by atoms with Crippen LogP contribution in [-0.2, 0) is 9.47 Å². The van der Waals surface area contributed by atoms with Crippen LogP contribution in [0, 0.1) is 11.9 Å². The quantitative estimate of drug-likeness (QED) is 0.175. The van der Waals surface area contributed by atoms with Crippen LogP contribution in [0.2, 0.25) is 10.0 Å². The van der Waals surface area contributed by atoms with E-state index in [-0.39, 0.29) is 10.8 Å². The van der Waals surface area contributed by atoms with Crippen molar-refractivity contribution in [2.75, 3.05) is 31.5 Å². The first-order valence-corrected chi connectivity index (χ1v) is 14.3. The molecule has 0 aromatic carbocycles. The second kappa shape index (κ2) is 16.5. The number of carbonyl (C=O) groups excluding carboxylic acids is 2. The molecule has 0 bridgehead atoms. The van der Waals surface area contributed by atoms with Gasteiger partial charge in [-0.2, -0.15) is 4.39 Å². The molecule has 4 aromatic heterocycles. The fraction of sp³-hybridized carbons (Fsp3) is 0.310. The van der Waals surface area contributed by atoms with Gasteiger partial charge in [0.2, 0.25) is 11.8 Å². The first-order chi connectivity index (χ1) is 21.8. The van der Waals surface area contributed by atoms with E-state index in [9.17, 15) is 14.0 Å². The summed E-state index contributed by atoms with van der Waals surface area (Å²) in [5.74, 6) is 0.559. The second-order valence-electron chi connectivity index (χ2n) is 10.4. The Bertz CT molecular complexity index is 1660. The number of nitrogens with one attached hydrogen (secondary N) is 2. The van der Waals surface area contributed by atoms with Crippen molar-refractivity contribution in [2.45, 2.75) is 32.7 Å². The minimum absolute atomic E-state index is 0.112. The summed E-state index contributed by atoms with van der Waals surface area (Å²) in [6.45, 7) is 6.45. The van der Waals surface area contributed by atoms with E-state index in [0.717, 1.165) is 6.42 Å². The summed E-state index contributed by atoms with van der Waals surface area (Å²) < 4.78 is 27.7. The molecule has 0 aliphatic heterocycles. The molecule has 4 aromatic rings. The molecular formula is C29H32Cl2FN9O5. The van der Waals surface area contributed by atoms with Crippen LogP contribution in [-0.4, -0.2) is 68.5 Å². The van der Waals surface area contributed by atoms with Gasteiger partial charge < -0.3 is 19.9 Å². The van der Waals surface area contributed by atoms with E-state index in [2.05, 4.69) is 63.9 Å². The van der Waals surface area contributed by atoms with Gasteiger partial charge in [0.25, 0.3) is 0 Å². The maximum Gasteiger partial charge on any atom is 0.412 e. The largest absolute Gasteiger partial charge is 0.475 e. The molecule has 2 amide bonds. The monoisotopic (exact) mass is 675 g/mol. The number of rotatable bonds is 9. The van der Waals surface area contributed by atoms with Crippen LogP contribution >= 0.6 is 23.2 Å². The fourth-order valence-electron chi connectivity index (χ4n) is 3.94. The van der Waals surface area contributed by atoms with Crippen LogP contribution in [0.4, 0.5) is 25.6 Å². The SMILES string of the molecule is COC(=O)Nc1cc(-c2cnc(F)c(Cl)c2)ncn1.COC(=O)Nc1cc(-c2cnc(OC[C@@](C)(N)CC(C)C)c(Cl)c2)ncn1. The van der Waals surface area contributed by atoms with Gasteiger partial charge in [-0.3, -0.25) is 10.6 Å². The van der Waals surface area contributed by atoms with Gasteiger partial charge in [0.15, 0.2) is 0 Å². The third-order valence-corrected chi connectivity index (χ3v) is 6.31. The molecule has 0 saturated carbocycles. The van der Waals surface area contributed by atoms with Gasteiger partial charge >= 0.3 is 12.2 Å². The molecule has 0 radical (unpaired) electrons. The first kappa shape index (κ1) is 35.7. The lowest BCUT2D eigenvalue weighted by atomic mass is 9.93. The predicted octanol–water partition coefficient (Wildman–Crippen LogP) is 6.02. The van der Waals surface area contributed by atoms with Crippen LogP contribution < -0.4 is 21.1 Å². The molecule has 4 N–H and O–H groups in total. The highest BCUT2D eigenvalue weighted by molar-refractivity contribution is 6.32. The fourth-order valence-corrected chi connectivity index (χ4v) is 4.32. The van der Waals surface area contributed by atoms with E-state index in [4.69, 9.17) is 33.7 Å². The summed E-state index contributed by atoms with van der Waals surface area (Å²) in [5.41, 5.74) is 7.91. The number of hydrogen-bond donors (Lipinski definition) is 3. The topological polar surface area (TPSA) is 189 Å². The molecule has 0 fully saturated rings. The van der Waals surface area contributed by atoms with E-state index in [0.29, 0.717) is 51.8 Å². The molecule has 1 atom stereocenters. The van der Waals surface area contributed by atoms with E-state index in [1.807, 2.05) is 6.92 Å². The first-order valence-electron chi connectivity index (χ1n) is 13.5. The average Bonchev–Trinajstić information content (AvgIpc) is 3.01. The lowest BCUT2D eigenvalue weighted by Crippen LogP contribution is -2.43. The highest BCUT2D eigenvalue weighted by Gasteiger charge is 2.22. The van der Waals surface area contributed by atoms with Gasteiger partial charge in [-0.05, 0) is 31.4 Å². The molecule has 0 aliphatic rings. The maximum absolute atomic E-state index is 13.0. The molecule has 0 spiro atoms. The van der Waals surface area contributed by atoms with Crippen molar-refractivity contribution in [2.24, 2.45) is 11.7 Å². The number of nitrogens with two attached hydrogens (primary N) is 1. The molecular weight excluding hydrogens is 644 g/mol. The molecule has 244 valence electrons. The van der Waals surface area contributed by atoms with Gasteiger partial charge in [-0.1, -0.05) is 37.0 Å². The Morgan fingerprint density at radius 1 is 0.848 bits per heavy atom. The zero-order valence-electron chi connectivity index (χ0n) is 25.5. The van der Waals surface area contributed by atoms with Gasteiger partial charge in [0.05, 0.1) is 30.6 Å². The van der Waals surface area contributed by atoms with Crippen molar-refractivity contribution >= 4 is 47.0 Å². The number of methoxy groups -OCH3 is 2. The van der Waals surface area contributed by atoms with Crippen molar-refractivity contribution in [3.05, 3.63) is 65.3 Å². The number of pyridine rings is 2. The number of nitrogens with zero attached hydrogens (tertiary/aromatic N) is 6. The highest BCUT2D eigenvalue weighted by atomic mass is 35.5. The number of carbonyl (C=O) groups is 2. The van der Waals surface area contributed by atoms with Crippen LogP contribution in [0.25, 0.3) is 22.5 Å². The normalized spacial score (nSPS) is 11.9. The van der Waals surface area contributed by atoms with Gasteiger partial charge in [0, 0.05) is 41.2 Å². The van der Waals surface area contributed by atoms with E-state index in [1.165, 1.54) is 45.2 Å². The highest BCUT2D eigenvalue weighted by Crippen LogP contribution is 2.29. The average molecular weight is 677 g/mol.